The van der Waals surface area contributed by atoms with E-state index in [2.05, 4.69) is 0 Å². The van der Waals surface area contributed by atoms with E-state index in [1.54, 1.807) is 26.8 Å². The third-order valence-corrected chi connectivity index (χ3v) is 1.32. The number of hydrogen-bond donors (Lipinski definition) is 1. The molecule has 4 nitrogen and oxygen atoms in total. The molecule has 0 bridgehead atoms. The molecule has 0 radical (unpaired) electrons. The molecule has 0 aromatic heterocycles. The summed E-state index contributed by atoms with van der Waals surface area (Å²) in [5.74, 6) is 0. The highest BCUT2D eigenvalue weighted by atomic mass is 19.3. The molecule has 0 aliphatic heterocycles. The zero-order valence-electron chi connectivity index (χ0n) is 8.88. The van der Waals surface area contributed by atoms with Gasteiger partial charge in [-0.2, -0.15) is 5.26 Å². The lowest BCUT2D eigenvalue weighted by atomic mass is 10.2. The SMILES string of the molecule is CC(C)(C)OC(=O)NC(CC#N)C(F)F. The Morgan fingerprint density at radius 1 is 1.53 bits per heavy atom. The second kappa shape index (κ2) is 5.49. The van der Waals surface area contributed by atoms with Crippen molar-refractivity contribution < 1.29 is 18.3 Å². The minimum atomic E-state index is -2.78. The molecule has 0 aromatic rings. The summed E-state index contributed by atoms with van der Waals surface area (Å²) in [4.78, 5) is 11.1. The quantitative estimate of drug-likeness (QED) is 0.791. The Morgan fingerprint density at radius 3 is 2.40 bits per heavy atom. The van der Waals surface area contributed by atoms with Crippen LogP contribution < -0.4 is 5.32 Å². The Morgan fingerprint density at radius 2 is 2.07 bits per heavy atom. The molecule has 1 amide bonds. The Balaban J connectivity index is 4.19. The summed E-state index contributed by atoms with van der Waals surface area (Å²) in [5, 5.41) is 10.2. The summed E-state index contributed by atoms with van der Waals surface area (Å²) >= 11 is 0. The molecule has 15 heavy (non-hydrogen) atoms. The Hall–Kier alpha value is -1.38. The van der Waals surface area contributed by atoms with Gasteiger partial charge in [0.05, 0.1) is 12.5 Å². The van der Waals surface area contributed by atoms with E-state index < -0.39 is 30.6 Å². The van der Waals surface area contributed by atoms with Crippen molar-refractivity contribution >= 4 is 6.09 Å². The number of alkyl carbamates (subject to hydrolysis) is 1. The van der Waals surface area contributed by atoms with Gasteiger partial charge < -0.3 is 10.1 Å². The molecule has 0 heterocycles. The smallest absolute Gasteiger partial charge is 0.408 e. The fraction of sp³-hybridized carbons (Fsp3) is 0.778. The first kappa shape index (κ1) is 13.6. The minimum Gasteiger partial charge on any atom is -0.444 e. The number of nitrogens with one attached hydrogen (secondary N) is 1. The van der Waals surface area contributed by atoms with Crippen molar-refractivity contribution in [1.29, 1.82) is 5.26 Å². The van der Waals surface area contributed by atoms with Crippen molar-refractivity contribution in [3.05, 3.63) is 0 Å². The van der Waals surface area contributed by atoms with Gasteiger partial charge in [-0.25, -0.2) is 13.6 Å². The third kappa shape index (κ3) is 6.66. The number of ether oxygens (including phenoxy) is 1. The molecular formula is C9H14F2N2O2. The summed E-state index contributed by atoms with van der Waals surface area (Å²) in [6.07, 6.45) is -4.17. The topological polar surface area (TPSA) is 62.1 Å². The molecule has 0 aromatic carbocycles. The van der Waals surface area contributed by atoms with Crippen molar-refractivity contribution in [3.8, 4) is 6.07 Å². The Kier molecular flexibility index (Phi) is 4.98. The first-order valence-electron chi connectivity index (χ1n) is 4.41. The lowest BCUT2D eigenvalue weighted by molar-refractivity contribution is 0.0381. The van der Waals surface area contributed by atoms with Crippen LogP contribution in [-0.4, -0.2) is 24.2 Å². The second-order valence-corrected chi connectivity index (χ2v) is 3.95. The number of nitriles is 1. The number of halogens is 2. The van der Waals surface area contributed by atoms with Gasteiger partial charge in [-0.05, 0) is 20.8 Å². The van der Waals surface area contributed by atoms with Crippen LogP contribution in [0.5, 0.6) is 0 Å². The van der Waals surface area contributed by atoms with E-state index >= 15 is 0 Å². The number of carbonyl (C=O) groups is 1. The zero-order valence-corrected chi connectivity index (χ0v) is 8.88. The van der Waals surface area contributed by atoms with Gasteiger partial charge in [0.2, 0.25) is 0 Å². The summed E-state index contributed by atoms with van der Waals surface area (Å²) in [6, 6.07) is 0.0854. The van der Waals surface area contributed by atoms with Crippen molar-refractivity contribution in [1.82, 2.24) is 5.32 Å². The average molecular weight is 220 g/mol. The van der Waals surface area contributed by atoms with Crippen molar-refractivity contribution in [2.24, 2.45) is 0 Å². The third-order valence-electron chi connectivity index (χ3n) is 1.32. The van der Waals surface area contributed by atoms with E-state index in [0.717, 1.165) is 0 Å². The molecule has 6 heteroatoms. The first-order valence-corrected chi connectivity index (χ1v) is 4.41. The van der Waals surface area contributed by atoms with E-state index in [1.165, 1.54) is 0 Å². The van der Waals surface area contributed by atoms with Gasteiger partial charge >= 0.3 is 6.09 Å². The molecule has 86 valence electrons. The van der Waals surface area contributed by atoms with Gasteiger partial charge in [0, 0.05) is 0 Å². The molecule has 0 aliphatic carbocycles. The van der Waals surface area contributed by atoms with E-state index in [0.29, 0.717) is 0 Å². The molecule has 1 N–H and O–H groups in total. The van der Waals surface area contributed by atoms with Crippen LogP contribution in [0.3, 0.4) is 0 Å². The van der Waals surface area contributed by atoms with Crippen LogP contribution >= 0.6 is 0 Å². The highest BCUT2D eigenvalue weighted by molar-refractivity contribution is 5.68. The zero-order chi connectivity index (χ0) is 12.1. The van der Waals surface area contributed by atoms with Gasteiger partial charge in [-0.1, -0.05) is 0 Å². The van der Waals surface area contributed by atoms with Crippen LogP contribution in [-0.2, 0) is 4.74 Å². The number of hydrogen-bond acceptors (Lipinski definition) is 3. The summed E-state index contributed by atoms with van der Waals surface area (Å²) in [7, 11) is 0. The molecule has 0 spiro atoms. The summed E-state index contributed by atoms with van der Waals surface area (Å²) in [5.41, 5.74) is -0.747. The number of nitrogens with zero attached hydrogens (tertiary/aromatic N) is 1. The normalized spacial score (nSPS) is 13.1. The van der Waals surface area contributed by atoms with Crippen LogP contribution in [0.1, 0.15) is 27.2 Å². The minimum absolute atomic E-state index is 0.448. The lowest BCUT2D eigenvalue weighted by Crippen LogP contribution is -2.42. The molecule has 0 saturated carbocycles. The number of amides is 1. The maximum atomic E-state index is 12.3. The van der Waals surface area contributed by atoms with Gasteiger partial charge in [0.25, 0.3) is 6.43 Å². The van der Waals surface area contributed by atoms with E-state index in [-0.39, 0.29) is 0 Å². The molecule has 1 atom stereocenters. The van der Waals surface area contributed by atoms with Crippen LogP contribution in [0.4, 0.5) is 13.6 Å². The number of rotatable bonds is 3. The van der Waals surface area contributed by atoms with E-state index in [9.17, 15) is 13.6 Å². The van der Waals surface area contributed by atoms with Crippen molar-refractivity contribution in [2.75, 3.05) is 0 Å². The standard InChI is InChI=1S/C9H14F2N2O2/c1-9(2,3)15-8(14)13-6(4-5-12)7(10)11/h6-7H,4H2,1-3H3,(H,13,14). The first-order chi connectivity index (χ1) is 6.76. The Bertz CT molecular complexity index is 256. The highest BCUT2D eigenvalue weighted by Gasteiger charge is 2.25. The predicted molar refractivity (Wildman–Crippen MR) is 49.4 cm³/mol. The fourth-order valence-electron chi connectivity index (χ4n) is 0.760. The molecular weight excluding hydrogens is 206 g/mol. The number of carbonyl (C=O) groups excluding carboxylic acids is 1. The second-order valence-electron chi connectivity index (χ2n) is 3.95. The maximum absolute atomic E-state index is 12.3. The molecule has 0 saturated heterocycles. The number of alkyl halides is 2. The van der Waals surface area contributed by atoms with Gasteiger partial charge in [-0.3, -0.25) is 0 Å². The fourth-order valence-corrected chi connectivity index (χ4v) is 0.760. The van der Waals surface area contributed by atoms with E-state index in [1.807, 2.05) is 5.32 Å². The largest absolute Gasteiger partial charge is 0.444 e. The van der Waals surface area contributed by atoms with Crippen molar-refractivity contribution in [2.45, 2.75) is 45.3 Å². The van der Waals surface area contributed by atoms with Crippen LogP contribution in [0, 0.1) is 11.3 Å². The van der Waals surface area contributed by atoms with Crippen LogP contribution in [0.15, 0.2) is 0 Å². The van der Waals surface area contributed by atoms with Gasteiger partial charge in [0.1, 0.15) is 11.6 Å². The maximum Gasteiger partial charge on any atom is 0.408 e. The van der Waals surface area contributed by atoms with Gasteiger partial charge in [0.15, 0.2) is 0 Å². The highest BCUT2D eigenvalue weighted by Crippen LogP contribution is 2.09. The van der Waals surface area contributed by atoms with Crippen molar-refractivity contribution in [3.63, 3.8) is 0 Å². The van der Waals surface area contributed by atoms with Gasteiger partial charge in [-0.15, -0.1) is 0 Å². The molecule has 0 aliphatic rings. The average Bonchev–Trinajstić information content (AvgIpc) is 1.99. The predicted octanol–water partition coefficient (Wildman–Crippen LogP) is 2.06. The Labute approximate surface area is 87.2 Å². The lowest BCUT2D eigenvalue weighted by Gasteiger charge is -2.22. The summed E-state index contributed by atoms with van der Waals surface area (Å²) in [6.45, 7) is 4.86. The van der Waals surface area contributed by atoms with E-state index in [4.69, 9.17) is 10.00 Å². The summed E-state index contributed by atoms with van der Waals surface area (Å²) < 4.78 is 29.3. The monoisotopic (exact) mass is 220 g/mol. The van der Waals surface area contributed by atoms with Crippen LogP contribution in [0.25, 0.3) is 0 Å². The molecule has 1 unspecified atom stereocenters. The molecule has 0 fully saturated rings. The molecule has 0 rings (SSSR count). The van der Waals surface area contributed by atoms with Crippen LogP contribution in [0.2, 0.25) is 0 Å².